The molecule has 0 bridgehead atoms. The Balaban J connectivity index is 2.15. The summed E-state index contributed by atoms with van der Waals surface area (Å²) >= 11 is 8.15. The Kier molecular flexibility index (Phi) is 4.11. The highest BCUT2D eigenvalue weighted by molar-refractivity contribution is 14.1. The highest BCUT2D eigenvalue weighted by atomic mass is 127. The summed E-state index contributed by atoms with van der Waals surface area (Å²) < 4.78 is 0.957. The first-order valence-electron chi connectivity index (χ1n) is 5.46. The van der Waals surface area contributed by atoms with Crippen molar-refractivity contribution >= 4 is 46.1 Å². The van der Waals surface area contributed by atoms with E-state index in [2.05, 4.69) is 22.6 Å². The Morgan fingerprint density at radius 2 is 2.17 bits per heavy atom. The van der Waals surface area contributed by atoms with Crippen LogP contribution >= 0.6 is 34.2 Å². The van der Waals surface area contributed by atoms with Gasteiger partial charge in [-0.2, -0.15) is 0 Å². The van der Waals surface area contributed by atoms with Crippen LogP contribution in [0.4, 0.5) is 0 Å². The summed E-state index contributed by atoms with van der Waals surface area (Å²) in [4.78, 5) is 24.6. The largest absolute Gasteiger partial charge is 0.481 e. The van der Waals surface area contributed by atoms with Gasteiger partial charge in [0, 0.05) is 16.7 Å². The van der Waals surface area contributed by atoms with Crippen LogP contribution in [-0.2, 0) is 4.79 Å². The van der Waals surface area contributed by atoms with Crippen LogP contribution in [-0.4, -0.2) is 35.0 Å². The van der Waals surface area contributed by atoms with E-state index in [9.17, 15) is 9.59 Å². The third-order valence-corrected chi connectivity index (χ3v) is 3.97. The summed E-state index contributed by atoms with van der Waals surface area (Å²) in [6.45, 7) is 0.731. The number of hydrogen-bond acceptors (Lipinski definition) is 2. The first-order valence-corrected chi connectivity index (χ1v) is 6.92. The third-order valence-electron chi connectivity index (χ3n) is 2.99. The van der Waals surface area contributed by atoms with E-state index in [0.29, 0.717) is 23.6 Å². The minimum Gasteiger partial charge on any atom is -0.481 e. The maximum Gasteiger partial charge on any atom is 0.308 e. The molecule has 1 heterocycles. The Hall–Kier alpha value is -0.820. The molecule has 1 atom stereocenters. The molecule has 18 heavy (non-hydrogen) atoms. The van der Waals surface area contributed by atoms with Crippen molar-refractivity contribution in [3.05, 3.63) is 32.4 Å². The summed E-state index contributed by atoms with van der Waals surface area (Å²) in [6, 6.07) is 5.21. The first-order chi connectivity index (χ1) is 8.49. The molecule has 2 rings (SSSR count). The molecule has 1 unspecified atom stereocenters. The number of benzene rings is 1. The lowest BCUT2D eigenvalue weighted by atomic mass is 10.1. The summed E-state index contributed by atoms with van der Waals surface area (Å²) in [5.74, 6) is -1.50. The van der Waals surface area contributed by atoms with Crippen molar-refractivity contribution in [1.29, 1.82) is 0 Å². The standard InChI is InChI=1S/C12H11ClINO3/c13-10-5-8(14)1-2-9(10)11(16)15-4-3-7(6-15)12(17)18/h1-2,5,7H,3-4,6H2,(H,17,18). The quantitative estimate of drug-likeness (QED) is 0.803. The molecule has 0 saturated carbocycles. The van der Waals surface area contributed by atoms with E-state index in [0.717, 1.165) is 3.57 Å². The number of carbonyl (C=O) groups excluding carboxylic acids is 1. The van der Waals surface area contributed by atoms with Crippen molar-refractivity contribution < 1.29 is 14.7 Å². The molecular formula is C12H11ClINO3. The molecule has 1 aliphatic heterocycles. The molecule has 1 amide bonds. The fraction of sp³-hybridized carbons (Fsp3) is 0.333. The van der Waals surface area contributed by atoms with E-state index < -0.39 is 11.9 Å². The van der Waals surface area contributed by atoms with Crippen LogP contribution in [0.25, 0.3) is 0 Å². The molecule has 1 N–H and O–H groups in total. The molecule has 1 saturated heterocycles. The van der Waals surface area contributed by atoms with Gasteiger partial charge < -0.3 is 10.0 Å². The highest BCUT2D eigenvalue weighted by Crippen LogP contribution is 2.24. The van der Waals surface area contributed by atoms with Crippen molar-refractivity contribution in [2.75, 3.05) is 13.1 Å². The van der Waals surface area contributed by atoms with E-state index >= 15 is 0 Å². The summed E-state index contributed by atoms with van der Waals surface area (Å²) in [7, 11) is 0. The number of hydrogen-bond donors (Lipinski definition) is 1. The number of carbonyl (C=O) groups is 2. The Bertz CT molecular complexity index is 506. The number of carboxylic acid groups (broad SMARTS) is 1. The van der Waals surface area contributed by atoms with Gasteiger partial charge in [-0.15, -0.1) is 0 Å². The summed E-state index contributed by atoms with van der Waals surface area (Å²) in [6.07, 6.45) is 0.503. The van der Waals surface area contributed by atoms with Crippen LogP contribution in [0.15, 0.2) is 18.2 Å². The van der Waals surface area contributed by atoms with Gasteiger partial charge in [0.25, 0.3) is 5.91 Å². The van der Waals surface area contributed by atoms with E-state index in [-0.39, 0.29) is 12.5 Å². The highest BCUT2D eigenvalue weighted by Gasteiger charge is 2.31. The molecule has 1 aromatic carbocycles. The van der Waals surface area contributed by atoms with Crippen LogP contribution in [0.3, 0.4) is 0 Å². The molecule has 1 aromatic rings. The van der Waals surface area contributed by atoms with Crippen molar-refractivity contribution in [2.45, 2.75) is 6.42 Å². The van der Waals surface area contributed by atoms with Gasteiger partial charge in [-0.25, -0.2) is 0 Å². The number of aliphatic carboxylic acids is 1. The van der Waals surface area contributed by atoms with Gasteiger partial charge in [0.15, 0.2) is 0 Å². The zero-order valence-corrected chi connectivity index (χ0v) is 12.3. The molecule has 0 aliphatic carbocycles. The second-order valence-corrected chi connectivity index (χ2v) is 5.85. The lowest BCUT2D eigenvalue weighted by molar-refractivity contribution is -0.141. The minimum absolute atomic E-state index is 0.194. The van der Waals surface area contributed by atoms with Crippen LogP contribution < -0.4 is 0 Å². The van der Waals surface area contributed by atoms with Crippen molar-refractivity contribution in [1.82, 2.24) is 4.90 Å². The SMILES string of the molecule is O=C(O)C1CCN(C(=O)c2ccc(I)cc2Cl)C1. The van der Waals surface area contributed by atoms with E-state index in [4.69, 9.17) is 16.7 Å². The van der Waals surface area contributed by atoms with Crippen molar-refractivity contribution in [3.63, 3.8) is 0 Å². The number of carboxylic acids is 1. The van der Waals surface area contributed by atoms with Gasteiger partial charge in [-0.05, 0) is 47.2 Å². The van der Waals surface area contributed by atoms with Crippen LogP contribution in [0, 0.1) is 9.49 Å². The summed E-state index contributed by atoms with van der Waals surface area (Å²) in [5, 5.41) is 9.32. The van der Waals surface area contributed by atoms with Gasteiger partial charge in [0.2, 0.25) is 0 Å². The molecule has 4 nitrogen and oxygen atoms in total. The number of likely N-dealkylation sites (tertiary alicyclic amines) is 1. The van der Waals surface area contributed by atoms with Gasteiger partial charge in [-0.3, -0.25) is 9.59 Å². The predicted octanol–water partition coefficient (Wildman–Crippen LogP) is 2.49. The van der Waals surface area contributed by atoms with Crippen LogP contribution in [0.2, 0.25) is 5.02 Å². The van der Waals surface area contributed by atoms with E-state index in [1.807, 2.05) is 6.07 Å². The second-order valence-electron chi connectivity index (χ2n) is 4.20. The topological polar surface area (TPSA) is 57.6 Å². The lowest BCUT2D eigenvalue weighted by Crippen LogP contribution is -2.30. The van der Waals surface area contributed by atoms with Gasteiger partial charge >= 0.3 is 5.97 Å². The number of rotatable bonds is 2. The minimum atomic E-state index is -0.848. The van der Waals surface area contributed by atoms with E-state index in [1.165, 1.54) is 0 Å². The molecule has 6 heteroatoms. The molecule has 0 radical (unpaired) electrons. The number of nitrogens with zero attached hydrogens (tertiary/aromatic N) is 1. The molecule has 0 aromatic heterocycles. The fourth-order valence-corrected chi connectivity index (χ4v) is 2.92. The first kappa shape index (κ1) is 13.6. The maximum absolute atomic E-state index is 12.2. The summed E-state index contributed by atoms with van der Waals surface area (Å²) in [5.41, 5.74) is 0.433. The molecule has 0 spiro atoms. The Labute approximate surface area is 123 Å². The smallest absolute Gasteiger partial charge is 0.308 e. The Morgan fingerprint density at radius 1 is 1.44 bits per heavy atom. The van der Waals surface area contributed by atoms with Gasteiger partial charge in [0.1, 0.15) is 0 Å². The lowest BCUT2D eigenvalue weighted by Gasteiger charge is -2.16. The average Bonchev–Trinajstić information content (AvgIpc) is 2.77. The average molecular weight is 380 g/mol. The monoisotopic (exact) mass is 379 g/mol. The molecule has 1 fully saturated rings. The van der Waals surface area contributed by atoms with Crippen molar-refractivity contribution in [3.8, 4) is 0 Å². The number of amides is 1. The Morgan fingerprint density at radius 3 is 2.72 bits per heavy atom. The van der Waals surface area contributed by atoms with Gasteiger partial charge in [0.05, 0.1) is 16.5 Å². The predicted molar refractivity (Wildman–Crippen MR) is 75.8 cm³/mol. The third kappa shape index (κ3) is 2.77. The second kappa shape index (κ2) is 5.44. The zero-order valence-electron chi connectivity index (χ0n) is 9.40. The van der Waals surface area contributed by atoms with Crippen LogP contribution in [0.1, 0.15) is 16.8 Å². The van der Waals surface area contributed by atoms with Crippen LogP contribution in [0.5, 0.6) is 0 Å². The maximum atomic E-state index is 12.2. The molecule has 96 valence electrons. The molecular weight excluding hydrogens is 368 g/mol. The zero-order chi connectivity index (χ0) is 13.3. The van der Waals surface area contributed by atoms with Gasteiger partial charge in [-0.1, -0.05) is 11.6 Å². The normalized spacial score (nSPS) is 19.0. The fourth-order valence-electron chi connectivity index (χ4n) is 1.98. The molecule has 1 aliphatic rings. The number of halogens is 2. The van der Waals surface area contributed by atoms with E-state index in [1.54, 1.807) is 17.0 Å². The van der Waals surface area contributed by atoms with Crippen molar-refractivity contribution in [2.24, 2.45) is 5.92 Å².